The van der Waals surface area contributed by atoms with Gasteiger partial charge in [-0.3, -0.25) is 0 Å². The van der Waals surface area contributed by atoms with Crippen molar-refractivity contribution in [1.29, 1.82) is 0 Å². The second kappa shape index (κ2) is 8.21. The van der Waals surface area contributed by atoms with Gasteiger partial charge in [0.05, 0.1) is 27.7 Å². The van der Waals surface area contributed by atoms with Crippen molar-refractivity contribution < 1.29 is 17.8 Å². The summed E-state index contributed by atoms with van der Waals surface area (Å²) in [6.45, 7) is 9.10. The predicted molar refractivity (Wildman–Crippen MR) is 73.0 cm³/mol. The van der Waals surface area contributed by atoms with Gasteiger partial charge in [0.2, 0.25) is 0 Å². The predicted octanol–water partition coefficient (Wildman–Crippen LogP) is 2.13. The quantitative estimate of drug-likeness (QED) is 0.447. The van der Waals surface area contributed by atoms with E-state index in [4.69, 9.17) is 13.3 Å². The molecule has 0 rings (SSSR count). The molecule has 17 heavy (non-hydrogen) atoms. The molecular formula is C12H30NO3Si+. The zero-order chi connectivity index (χ0) is 13.4. The molecule has 0 unspecified atom stereocenters. The van der Waals surface area contributed by atoms with Crippen LogP contribution in [0.3, 0.4) is 0 Å². The van der Waals surface area contributed by atoms with Crippen molar-refractivity contribution in [3.05, 3.63) is 0 Å². The van der Waals surface area contributed by atoms with E-state index in [1.807, 2.05) is 20.8 Å². The van der Waals surface area contributed by atoms with Crippen LogP contribution >= 0.6 is 0 Å². The second-order valence-electron chi connectivity index (χ2n) is 5.10. The van der Waals surface area contributed by atoms with E-state index in [9.17, 15) is 0 Å². The minimum Gasteiger partial charge on any atom is -0.374 e. The molecule has 0 spiro atoms. The molecule has 0 aliphatic heterocycles. The van der Waals surface area contributed by atoms with Crippen LogP contribution in [0.5, 0.6) is 0 Å². The smallest absolute Gasteiger partial charge is 0.374 e. The van der Waals surface area contributed by atoms with Crippen LogP contribution in [0.1, 0.15) is 27.2 Å². The highest BCUT2D eigenvalue weighted by molar-refractivity contribution is 6.60. The van der Waals surface area contributed by atoms with Gasteiger partial charge < -0.3 is 17.8 Å². The maximum Gasteiger partial charge on any atom is 0.501 e. The molecule has 0 amide bonds. The summed E-state index contributed by atoms with van der Waals surface area (Å²) >= 11 is 0. The van der Waals surface area contributed by atoms with Crippen LogP contribution in [0.2, 0.25) is 6.04 Å². The van der Waals surface area contributed by atoms with E-state index < -0.39 is 8.80 Å². The zero-order valence-electron chi connectivity index (χ0n) is 12.4. The Hall–Kier alpha value is 0.0569. The lowest BCUT2D eigenvalue weighted by Crippen LogP contribution is -2.47. The summed E-state index contributed by atoms with van der Waals surface area (Å²) in [5.74, 6) is 0. The molecule has 0 aromatic heterocycles. The molecule has 0 aromatic carbocycles. The number of hydrogen-bond acceptors (Lipinski definition) is 3. The molecule has 0 aliphatic rings. The van der Waals surface area contributed by atoms with Crippen molar-refractivity contribution in [2.75, 3.05) is 47.5 Å². The number of rotatable bonds is 10. The van der Waals surface area contributed by atoms with Crippen molar-refractivity contribution in [1.82, 2.24) is 0 Å². The van der Waals surface area contributed by atoms with Crippen LogP contribution in [-0.4, -0.2) is 60.8 Å². The molecule has 104 valence electrons. The van der Waals surface area contributed by atoms with Crippen molar-refractivity contribution in [3.8, 4) is 0 Å². The third-order valence-corrected chi connectivity index (χ3v) is 5.56. The minimum absolute atomic E-state index is 0.663. The maximum absolute atomic E-state index is 5.81. The molecule has 0 radical (unpaired) electrons. The average Bonchev–Trinajstić information content (AvgIpc) is 2.16. The molecule has 0 saturated carbocycles. The summed E-state index contributed by atoms with van der Waals surface area (Å²) in [5.41, 5.74) is 0. The Kier molecular flexibility index (Phi) is 8.24. The van der Waals surface area contributed by atoms with Gasteiger partial charge in [-0.1, -0.05) is 0 Å². The summed E-state index contributed by atoms with van der Waals surface area (Å²) in [7, 11) is 4.19. The standard InChI is InChI=1S/C12H30NO3Si/c1-7-14-17(15-8-2,16-9-3)12-10-11-13(4,5)6/h7-12H2,1-6H3/q+1. The van der Waals surface area contributed by atoms with Crippen LogP contribution in [0.4, 0.5) is 0 Å². The van der Waals surface area contributed by atoms with Crippen LogP contribution in [0.25, 0.3) is 0 Å². The summed E-state index contributed by atoms with van der Waals surface area (Å²) in [4.78, 5) is 0. The first-order chi connectivity index (χ1) is 7.89. The Morgan fingerprint density at radius 3 is 1.53 bits per heavy atom. The maximum atomic E-state index is 5.81. The second-order valence-corrected chi connectivity index (χ2v) is 7.83. The third-order valence-electron chi connectivity index (χ3n) is 2.40. The van der Waals surface area contributed by atoms with E-state index in [-0.39, 0.29) is 0 Å². The molecule has 0 N–H and O–H groups in total. The Morgan fingerprint density at radius 1 is 0.824 bits per heavy atom. The molecule has 0 aromatic rings. The summed E-state index contributed by atoms with van der Waals surface area (Å²) in [6, 6.07) is 0.915. The summed E-state index contributed by atoms with van der Waals surface area (Å²) in [6.07, 6.45) is 1.08. The topological polar surface area (TPSA) is 27.7 Å². The lowest BCUT2D eigenvalue weighted by molar-refractivity contribution is -0.870. The fourth-order valence-corrected chi connectivity index (χ4v) is 4.36. The van der Waals surface area contributed by atoms with Gasteiger partial charge in [0.1, 0.15) is 0 Å². The van der Waals surface area contributed by atoms with Gasteiger partial charge >= 0.3 is 8.80 Å². The van der Waals surface area contributed by atoms with E-state index in [1.165, 1.54) is 0 Å². The molecule has 4 nitrogen and oxygen atoms in total. The average molecular weight is 264 g/mol. The molecule has 0 saturated heterocycles. The SMILES string of the molecule is CCO[Si](CCC[N+](C)(C)C)(OCC)OCC. The Balaban J connectivity index is 4.33. The third kappa shape index (κ3) is 7.89. The van der Waals surface area contributed by atoms with Gasteiger partial charge in [-0.25, -0.2) is 0 Å². The normalized spacial score (nSPS) is 13.1. The van der Waals surface area contributed by atoms with Crippen LogP contribution < -0.4 is 0 Å². The van der Waals surface area contributed by atoms with Gasteiger partial charge in [0.25, 0.3) is 0 Å². The largest absolute Gasteiger partial charge is 0.501 e. The molecule has 0 atom stereocenters. The first-order valence-corrected chi connectivity index (χ1v) is 8.54. The Morgan fingerprint density at radius 2 is 1.24 bits per heavy atom. The fourth-order valence-electron chi connectivity index (χ4n) is 1.77. The number of quaternary nitrogens is 1. The number of hydrogen-bond donors (Lipinski definition) is 0. The number of nitrogens with zero attached hydrogens (tertiary/aromatic N) is 1. The molecule has 0 aliphatic carbocycles. The lowest BCUT2D eigenvalue weighted by atomic mass is 10.4. The van der Waals surface area contributed by atoms with E-state index >= 15 is 0 Å². The van der Waals surface area contributed by atoms with Crippen LogP contribution in [-0.2, 0) is 13.3 Å². The fraction of sp³-hybridized carbons (Fsp3) is 1.00. The van der Waals surface area contributed by atoms with E-state index in [1.54, 1.807) is 0 Å². The summed E-state index contributed by atoms with van der Waals surface area (Å²) in [5, 5.41) is 0. The molecule has 0 bridgehead atoms. The Labute approximate surface area is 108 Å². The highest BCUT2D eigenvalue weighted by Crippen LogP contribution is 2.18. The highest BCUT2D eigenvalue weighted by atomic mass is 28.4. The zero-order valence-corrected chi connectivity index (χ0v) is 13.4. The van der Waals surface area contributed by atoms with Crippen molar-refractivity contribution in [2.45, 2.75) is 33.2 Å². The van der Waals surface area contributed by atoms with Gasteiger partial charge in [-0.2, -0.15) is 0 Å². The van der Waals surface area contributed by atoms with E-state index in [0.29, 0.717) is 19.8 Å². The van der Waals surface area contributed by atoms with Crippen LogP contribution in [0.15, 0.2) is 0 Å². The Bertz CT molecular complexity index is 178. The summed E-state index contributed by atoms with van der Waals surface area (Å²) < 4.78 is 18.4. The first kappa shape index (κ1) is 17.1. The van der Waals surface area contributed by atoms with Gasteiger partial charge in [-0.15, -0.1) is 0 Å². The van der Waals surface area contributed by atoms with Gasteiger partial charge in [-0.05, 0) is 20.8 Å². The van der Waals surface area contributed by atoms with Crippen molar-refractivity contribution in [2.24, 2.45) is 0 Å². The van der Waals surface area contributed by atoms with Crippen LogP contribution in [0, 0.1) is 0 Å². The van der Waals surface area contributed by atoms with Gasteiger partial charge in [0, 0.05) is 32.3 Å². The lowest BCUT2D eigenvalue weighted by Gasteiger charge is -2.30. The van der Waals surface area contributed by atoms with Gasteiger partial charge in [0.15, 0.2) is 0 Å². The van der Waals surface area contributed by atoms with Crippen molar-refractivity contribution in [3.63, 3.8) is 0 Å². The van der Waals surface area contributed by atoms with E-state index in [2.05, 4.69) is 21.1 Å². The minimum atomic E-state index is -2.41. The molecule has 0 fully saturated rings. The highest BCUT2D eigenvalue weighted by Gasteiger charge is 2.40. The molecular weight excluding hydrogens is 234 g/mol. The van der Waals surface area contributed by atoms with Crippen molar-refractivity contribution >= 4 is 8.80 Å². The monoisotopic (exact) mass is 264 g/mol. The molecule has 0 heterocycles. The molecule has 5 heteroatoms. The first-order valence-electron chi connectivity index (χ1n) is 6.61. The van der Waals surface area contributed by atoms with E-state index in [0.717, 1.165) is 23.5 Å².